The van der Waals surface area contributed by atoms with Gasteiger partial charge in [0.2, 0.25) is 0 Å². The van der Waals surface area contributed by atoms with Gasteiger partial charge in [-0.2, -0.15) is 0 Å². The lowest BCUT2D eigenvalue weighted by Crippen LogP contribution is -2.21. The number of unbranched alkanes of at least 4 members (excludes halogenated alkanes) is 36. The average molecular weight is 608 g/mol. The predicted octanol–water partition coefficient (Wildman–Crippen LogP) is 14.7. The molecule has 0 unspecified atom stereocenters. The van der Waals surface area contributed by atoms with Crippen molar-refractivity contribution in [3.63, 3.8) is 0 Å². The van der Waals surface area contributed by atoms with E-state index < -0.39 is 6.09 Å². The van der Waals surface area contributed by atoms with E-state index >= 15 is 0 Å². The van der Waals surface area contributed by atoms with Gasteiger partial charge in [0, 0.05) is 6.54 Å². The molecular weight excluding hydrogens is 526 g/mol. The van der Waals surface area contributed by atoms with Crippen LogP contribution in [-0.4, -0.2) is 17.7 Å². The van der Waals surface area contributed by atoms with Gasteiger partial charge in [-0.05, 0) is 6.42 Å². The summed E-state index contributed by atoms with van der Waals surface area (Å²) in [6.45, 7) is 2.91. The SMILES string of the molecule is CCCCCCCCCCCCCCCCCCCCCCCCCCCCCCCCCCCCCCCNC(=O)O. The van der Waals surface area contributed by atoms with Crippen molar-refractivity contribution < 1.29 is 9.90 Å². The fourth-order valence-electron chi connectivity index (χ4n) is 6.58. The molecule has 0 saturated carbocycles. The Morgan fingerprint density at radius 2 is 0.488 bits per heavy atom. The predicted molar refractivity (Wildman–Crippen MR) is 193 cm³/mol. The molecule has 0 heterocycles. The Morgan fingerprint density at radius 3 is 0.651 bits per heavy atom. The van der Waals surface area contributed by atoms with Crippen molar-refractivity contribution in [2.75, 3.05) is 6.54 Å². The van der Waals surface area contributed by atoms with Crippen LogP contribution < -0.4 is 5.32 Å². The van der Waals surface area contributed by atoms with Crippen LogP contribution in [0.5, 0.6) is 0 Å². The molecule has 0 aromatic rings. The van der Waals surface area contributed by atoms with E-state index in [1.807, 2.05) is 0 Å². The number of nitrogens with one attached hydrogen (secondary N) is 1. The molecule has 0 atom stereocenters. The maximum absolute atomic E-state index is 10.4. The zero-order chi connectivity index (χ0) is 31.2. The van der Waals surface area contributed by atoms with Crippen molar-refractivity contribution in [1.82, 2.24) is 5.32 Å². The Morgan fingerprint density at radius 1 is 0.326 bits per heavy atom. The summed E-state index contributed by atoms with van der Waals surface area (Å²) >= 11 is 0. The van der Waals surface area contributed by atoms with E-state index in [0.29, 0.717) is 6.54 Å². The summed E-state index contributed by atoms with van der Waals surface area (Å²) in [7, 11) is 0. The normalized spacial score (nSPS) is 11.4. The summed E-state index contributed by atoms with van der Waals surface area (Å²) in [4.78, 5) is 10.4. The number of carbonyl (C=O) groups is 1. The molecule has 3 nitrogen and oxygen atoms in total. The summed E-state index contributed by atoms with van der Waals surface area (Å²) in [5.74, 6) is 0. The Labute approximate surface area is 271 Å². The highest BCUT2D eigenvalue weighted by atomic mass is 16.4. The number of amides is 1. The van der Waals surface area contributed by atoms with Crippen LogP contribution in [0.2, 0.25) is 0 Å². The molecule has 0 aromatic heterocycles. The first-order valence-electron chi connectivity index (χ1n) is 20.2. The first-order valence-corrected chi connectivity index (χ1v) is 20.2. The van der Waals surface area contributed by atoms with Gasteiger partial charge >= 0.3 is 6.09 Å². The number of carboxylic acid groups (broad SMARTS) is 1. The van der Waals surface area contributed by atoms with Gasteiger partial charge in [0.15, 0.2) is 0 Å². The molecule has 0 aliphatic carbocycles. The van der Waals surface area contributed by atoms with Crippen LogP contribution in [0, 0.1) is 0 Å². The fraction of sp³-hybridized carbons (Fsp3) is 0.975. The molecule has 2 N–H and O–H groups in total. The van der Waals surface area contributed by atoms with E-state index in [0.717, 1.165) is 12.8 Å². The second-order valence-corrected chi connectivity index (χ2v) is 14.0. The highest BCUT2D eigenvalue weighted by molar-refractivity contribution is 5.64. The van der Waals surface area contributed by atoms with E-state index in [1.54, 1.807) is 0 Å². The molecule has 0 saturated heterocycles. The van der Waals surface area contributed by atoms with Gasteiger partial charge in [-0.3, -0.25) is 0 Å². The minimum Gasteiger partial charge on any atom is -0.465 e. The highest BCUT2D eigenvalue weighted by Crippen LogP contribution is 2.17. The van der Waals surface area contributed by atoms with Crippen molar-refractivity contribution in [3.05, 3.63) is 0 Å². The van der Waals surface area contributed by atoms with E-state index in [-0.39, 0.29) is 0 Å². The van der Waals surface area contributed by atoms with Crippen LogP contribution in [0.4, 0.5) is 4.79 Å². The van der Waals surface area contributed by atoms with Gasteiger partial charge in [-0.15, -0.1) is 0 Å². The Balaban J connectivity index is 3.03. The smallest absolute Gasteiger partial charge is 0.404 e. The molecule has 0 aliphatic heterocycles. The highest BCUT2D eigenvalue weighted by Gasteiger charge is 1.98. The molecule has 0 fully saturated rings. The fourth-order valence-corrected chi connectivity index (χ4v) is 6.58. The van der Waals surface area contributed by atoms with Crippen LogP contribution >= 0.6 is 0 Å². The third-order valence-corrected chi connectivity index (χ3v) is 9.56. The number of hydrogen-bond acceptors (Lipinski definition) is 1. The van der Waals surface area contributed by atoms with E-state index in [4.69, 9.17) is 5.11 Å². The minimum atomic E-state index is -0.897. The lowest BCUT2D eigenvalue weighted by atomic mass is 10.0. The maximum atomic E-state index is 10.4. The maximum Gasteiger partial charge on any atom is 0.404 e. The molecule has 43 heavy (non-hydrogen) atoms. The minimum absolute atomic E-state index is 0.606. The monoisotopic (exact) mass is 608 g/mol. The molecule has 0 aromatic carbocycles. The third-order valence-electron chi connectivity index (χ3n) is 9.56. The lowest BCUT2D eigenvalue weighted by Gasteiger charge is -2.05. The molecule has 1 amide bonds. The molecular formula is C40H81NO2. The Hall–Kier alpha value is -0.730. The summed E-state index contributed by atoms with van der Waals surface area (Å²) in [6.07, 6.45) is 51.9. The molecule has 3 heteroatoms. The Kier molecular flexibility index (Phi) is 38.6. The van der Waals surface area contributed by atoms with Gasteiger partial charge in [0.25, 0.3) is 0 Å². The molecule has 0 bridgehead atoms. The van der Waals surface area contributed by atoms with Gasteiger partial charge < -0.3 is 10.4 Å². The van der Waals surface area contributed by atoms with Crippen LogP contribution in [0.1, 0.15) is 244 Å². The topological polar surface area (TPSA) is 49.3 Å². The molecule has 258 valence electrons. The van der Waals surface area contributed by atoms with Crippen molar-refractivity contribution >= 4 is 6.09 Å². The van der Waals surface area contributed by atoms with Crippen LogP contribution in [0.15, 0.2) is 0 Å². The lowest BCUT2D eigenvalue weighted by molar-refractivity contribution is 0.194. The van der Waals surface area contributed by atoms with Gasteiger partial charge in [0.05, 0.1) is 0 Å². The zero-order valence-corrected chi connectivity index (χ0v) is 29.7. The zero-order valence-electron chi connectivity index (χ0n) is 29.7. The van der Waals surface area contributed by atoms with Crippen molar-refractivity contribution in [2.45, 2.75) is 244 Å². The number of hydrogen-bond donors (Lipinski definition) is 2. The van der Waals surface area contributed by atoms with Gasteiger partial charge in [-0.25, -0.2) is 4.79 Å². The standard InChI is InChI=1S/C40H81NO2/c1-2-3-4-5-6-7-8-9-10-11-12-13-14-15-16-17-18-19-20-21-22-23-24-25-26-27-28-29-30-31-32-33-34-35-36-37-38-39-41-40(42)43/h41H,2-39H2,1H3,(H,42,43). The first-order chi connectivity index (χ1) is 21.3. The van der Waals surface area contributed by atoms with Crippen molar-refractivity contribution in [2.24, 2.45) is 0 Å². The Bertz CT molecular complexity index is 509. The van der Waals surface area contributed by atoms with Gasteiger partial charge in [-0.1, -0.05) is 238 Å². The van der Waals surface area contributed by atoms with Crippen LogP contribution in [0.3, 0.4) is 0 Å². The first kappa shape index (κ1) is 42.3. The van der Waals surface area contributed by atoms with E-state index in [2.05, 4.69) is 12.2 Å². The summed E-state index contributed by atoms with van der Waals surface area (Å²) < 4.78 is 0. The van der Waals surface area contributed by atoms with Crippen LogP contribution in [-0.2, 0) is 0 Å². The second kappa shape index (κ2) is 39.3. The average Bonchev–Trinajstić information content (AvgIpc) is 3.00. The van der Waals surface area contributed by atoms with E-state index in [1.165, 1.54) is 225 Å². The summed E-state index contributed by atoms with van der Waals surface area (Å²) in [5, 5.41) is 11.0. The van der Waals surface area contributed by atoms with Crippen LogP contribution in [0.25, 0.3) is 0 Å². The molecule has 0 rings (SSSR count). The molecule has 0 aliphatic rings. The molecule has 0 radical (unpaired) electrons. The van der Waals surface area contributed by atoms with Gasteiger partial charge in [0.1, 0.15) is 0 Å². The number of rotatable bonds is 38. The second-order valence-electron chi connectivity index (χ2n) is 14.0. The largest absolute Gasteiger partial charge is 0.465 e. The van der Waals surface area contributed by atoms with Crippen molar-refractivity contribution in [1.29, 1.82) is 0 Å². The summed E-state index contributed by atoms with van der Waals surface area (Å²) in [6, 6.07) is 0. The van der Waals surface area contributed by atoms with E-state index in [9.17, 15) is 4.79 Å². The summed E-state index contributed by atoms with van der Waals surface area (Å²) in [5.41, 5.74) is 0. The third kappa shape index (κ3) is 41.3. The van der Waals surface area contributed by atoms with Crippen molar-refractivity contribution in [3.8, 4) is 0 Å². The molecule has 0 spiro atoms. The quantitative estimate of drug-likeness (QED) is 0.0686.